The lowest BCUT2D eigenvalue weighted by atomic mass is 10.0. The monoisotopic (exact) mass is 488 g/mol. The zero-order valence-corrected chi connectivity index (χ0v) is 19.2. The number of nitrogens with zero attached hydrogens (tertiary/aromatic N) is 6. The molecule has 1 saturated heterocycles. The molecule has 0 saturated carbocycles. The van der Waals surface area contributed by atoms with Crippen molar-refractivity contribution in [1.82, 2.24) is 30.0 Å². The van der Waals surface area contributed by atoms with Gasteiger partial charge in [0.25, 0.3) is 5.91 Å². The normalized spacial score (nSPS) is 15.2. The van der Waals surface area contributed by atoms with Crippen molar-refractivity contribution in [3.63, 3.8) is 0 Å². The van der Waals surface area contributed by atoms with E-state index in [-0.39, 0.29) is 24.4 Å². The molecule has 1 fully saturated rings. The molecule has 1 amide bonds. The largest absolute Gasteiger partial charge is 0.467 e. The van der Waals surface area contributed by atoms with Gasteiger partial charge in [-0.15, -0.1) is 17.5 Å². The van der Waals surface area contributed by atoms with Crippen molar-refractivity contribution in [2.24, 2.45) is 0 Å². The Morgan fingerprint density at radius 1 is 1.00 bits per heavy atom. The molecule has 4 aromatic rings. The van der Waals surface area contributed by atoms with Gasteiger partial charge in [-0.3, -0.25) is 9.69 Å². The molecule has 1 aliphatic rings. The van der Waals surface area contributed by atoms with E-state index in [1.165, 1.54) is 6.26 Å². The van der Waals surface area contributed by atoms with Crippen molar-refractivity contribution in [2.75, 3.05) is 26.2 Å². The number of aromatic nitrogens is 4. The lowest BCUT2D eigenvalue weighted by molar-refractivity contribution is 0.0559. The van der Waals surface area contributed by atoms with Gasteiger partial charge in [0.1, 0.15) is 12.3 Å². The number of halogens is 2. The predicted molar refractivity (Wildman–Crippen MR) is 122 cm³/mol. The second-order valence-corrected chi connectivity index (χ2v) is 7.91. The van der Waals surface area contributed by atoms with Gasteiger partial charge in [-0.25, -0.2) is 4.68 Å². The number of benzene rings is 1. The van der Waals surface area contributed by atoms with Crippen molar-refractivity contribution in [3.8, 4) is 0 Å². The van der Waals surface area contributed by atoms with Crippen molar-refractivity contribution in [1.29, 1.82) is 0 Å². The molecule has 1 atom stereocenters. The summed E-state index contributed by atoms with van der Waals surface area (Å²) in [6, 6.07) is 14.5. The van der Waals surface area contributed by atoms with Gasteiger partial charge in [0.05, 0.1) is 18.6 Å². The summed E-state index contributed by atoms with van der Waals surface area (Å²) in [6.07, 6.45) is 3.13. The number of amides is 1. The first kappa shape index (κ1) is 23.0. The van der Waals surface area contributed by atoms with Gasteiger partial charge in [-0.2, -0.15) is 0 Å². The molecule has 0 aliphatic carbocycles. The quantitative estimate of drug-likeness (QED) is 0.409. The van der Waals surface area contributed by atoms with Crippen molar-refractivity contribution in [3.05, 3.63) is 89.0 Å². The molecule has 4 heterocycles. The molecular formula is C22H22Cl2N6O3. The van der Waals surface area contributed by atoms with Crippen LogP contribution in [-0.2, 0) is 6.54 Å². The first-order valence-electron chi connectivity index (χ1n) is 10.3. The summed E-state index contributed by atoms with van der Waals surface area (Å²) in [5.74, 6) is 1.67. The van der Waals surface area contributed by atoms with E-state index >= 15 is 0 Å². The maximum absolute atomic E-state index is 12.7. The van der Waals surface area contributed by atoms with Crippen LogP contribution < -0.4 is 0 Å². The number of carbonyl (C=O) groups excluding carboxylic acids is 1. The molecule has 0 radical (unpaired) electrons. The number of piperazine rings is 1. The fourth-order valence-corrected chi connectivity index (χ4v) is 4.24. The minimum Gasteiger partial charge on any atom is -0.467 e. The minimum atomic E-state index is -0.269. The molecule has 172 valence electrons. The highest BCUT2D eigenvalue weighted by molar-refractivity contribution is 6.31. The molecule has 3 aromatic heterocycles. The van der Waals surface area contributed by atoms with Crippen LogP contribution >= 0.6 is 24.0 Å². The number of hydrogen-bond donors (Lipinski definition) is 0. The summed E-state index contributed by atoms with van der Waals surface area (Å²) < 4.78 is 12.5. The smallest absolute Gasteiger partial charge is 0.289 e. The zero-order valence-electron chi connectivity index (χ0n) is 17.6. The molecule has 0 bridgehead atoms. The predicted octanol–water partition coefficient (Wildman–Crippen LogP) is 3.53. The van der Waals surface area contributed by atoms with Crippen LogP contribution in [-0.4, -0.2) is 62.1 Å². The first-order valence-corrected chi connectivity index (χ1v) is 10.7. The van der Waals surface area contributed by atoms with E-state index in [4.69, 9.17) is 20.4 Å². The summed E-state index contributed by atoms with van der Waals surface area (Å²) >= 11 is 6.60. The summed E-state index contributed by atoms with van der Waals surface area (Å²) in [5.41, 5.74) is 0.912. The van der Waals surface area contributed by atoms with E-state index in [1.54, 1.807) is 28.0 Å². The third-order valence-electron chi connectivity index (χ3n) is 5.59. The minimum absolute atomic E-state index is 0. The molecular weight excluding hydrogens is 467 g/mol. The van der Waals surface area contributed by atoms with E-state index in [1.807, 2.05) is 36.4 Å². The van der Waals surface area contributed by atoms with Gasteiger partial charge in [0.15, 0.2) is 11.6 Å². The second kappa shape index (κ2) is 10.2. The number of rotatable bonds is 6. The third kappa shape index (κ3) is 4.80. The molecule has 0 spiro atoms. The SMILES string of the molecule is Cl.O=C(c1ccco1)N1CCN(C(c2ccccc2Cl)c2nnnn2Cc2ccco2)CC1. The van der Waals surface area contributed by atoms with Gasteiger partial charge >= 0.3 is 0 Å². The molecule has 1 aromatic carbocycles. The molecule has 5 rings (SSSR count). The average Bonchev–Trinajstić information content (AvgIpc) is 3.60. The Balaban J connectivity index is 0.00000259. The topological polar surface area (TPSA) is 93.4 Å². The fraction of sp³-hybridized carbons (Fsp3) is 0.273. The van der Waals surface area contributed by atoms with Crippen LogP contribution in [0.2, 0.25) is 5.02 Å². The summed E-state index contributed by atoms with van der Waals surface area (Å²) in [6.45, 7) is 2.79. The van der Waals surface area contributed by atoms with Crippen molar-refractivity contribution < 1.29 is 13.6 Å². The van der Waals surface area contributed by atoms with Crippen LogP contribution in [0.3, 0.4) is 0 Å². The standard InChI is InChI=1S/C22H21ClN6O3.ClH/c23-18-7-2-1-6-17(18)20(21-24-25-26-29(21)15-16-5-3-13-31-16)27-9-11-28(12-10-27)22(30)19-8-4-14-32-19;/h1-8,13-14,20H,9-12,15H2;1H. The average molecular weight is 489 g/mol. The van der Waals surface area contributed by atoms with Crippen molar-refractivity contribution in [2.45, 2.75) is 12.6 Å². The van der Waals surface area contributed by atoms with E-state index in [9.17, 15) is 4.79 Å². The Bertz CT molecular complexity index is 1170. The molecule has 0 N–H and O–H groups in total. The number of hydrogen-bond acceptors (Lipinski definition) is 7. The summed E-state index contributed by atoms with van der Waals surface area (Å²) in [7, 11) is 0. The zero-order chi connectivity index (χ0) is 21.9. The van der Waals surface area contributed by atoms with E-state index < -0.39 is 0 Å². The van der Waals surface area contributed by atoms with Crippen molar-refractivity contribution >= 4 is 29.9 Å². The highest BCUT2D eigenvalue weighted by Gasteiger charge is 2.33. The Morgan fingerprint density at radius 3 is 2.45 bits per heavy atom. The van der Waals surface area contributed by atoms with Crippen LogP contribution in [0, 0.1) is 0 Å². The maximum atomic E-state index is 12.7. The molecule has 1 unspecified atom stereocenters. The Labute approximate surface area is 201 Å². The van der Waals surface area contributed by atoms with E-state index in [0.717, 1.165) is 11.3 Å². The maximum Gasteiger partial charge on any atom is 0.289 e. The third-order valence-corrected chi connectivity index (χ3v) is 5.93. The molecule has 1 aliphatic heterocycles. The number of furan rings is 2. The molecule has 11 heteroatoms. The summed E-state index contributed by atoms with van der Waals surface area (Å²) in [5, 5.41) is 13.1. The first-order chi connectivity index (χ1) is 15.7. The van der Waals surface area contributed by atoms with E-state index in [2.05, 4.69) is 20.4 Å². The lowest BCUT2D eigenvalue weighted by Crippen LogP contribution is -2.50. The van der Waals surface area contributed by atoms with Crippen LogP contribution in [0.5, 0.6) is 0 Å². The van der Waals surface area contributed by atoms with Crippen LogP contribution in [0.1, 0.15) is 33.7 Å². The van der Waals surface area contributed by atoms with Crippen LogP contribution in [0.25, 0.3) is 0 Å². The number of tetrazole rings is 1. The van der Waals surface area contributed by atoms with Gasteiger partial charge < -0.3 is 13.7 Å². The van der Waals surface area contributed by atoms with Gasteiger partial charge in [0.2, 0.25) is 0 Å². The Hall–Kier alpha value is -3.14. The van der Waals surface area contributed by atoms with Gasteiger partial charge in [-0.1, -0.05) is 29.8 Å². The summed E-state index contributed by atoms with van der Waals surface area (Å²) in [4.78, 5) is 16.7. The fourth-order valence-electron chi connectivity index (χ4n) is 4.01. The highest BCUT2D eigenvalue weighted by Crippen LogP contribution is 2.33. The highest BCUT2D eigenvalue weighted by atomic mass is 35.5. The Kier molecular flexibility index (Phi) is 7.12. The Morgan fingerprint density at radius 2 is 1.76 bits per heavy atom. The van der Waals surface area contributed by atoms with Gasteiger partial charge in [0, 0.05) is 31.2 Å². The van der Waals surface area contributed by atoms with Crippen LogP contribution in [0.4, 0.5) is 0 Å². The lowest BCUT2D eigenvalue weighted by Gasteiger charge is -2.38. The van der Waals surface area contributed by atoms with Crippen LogP contribution in [0.15, 0.2) is 69.9 Å². The van der Waals surface area contributed by atoms with E-state index in [0.29, 0.717) is 49.3 Å². The molecule has 33 heavy (non-hydrogen) atoms. The number of carbonyl (C=O) groups is 1. The second-order valence-electron chi connectivity index (χ2n) is 7.50. The molecule has 9 nitrogen and oxygen atoms in total. The van der Waals surface area contributed by atoms with Gasteiger partial charge in [-0.05, 0) is 46.3 Å².